The molecule has 0 radical (unpaired) electrons. The van der Waals surface area contributed by atoms with Crippen LogP contribution in [-0.4, -0.2) is 28.1 Å². The maximum atomic E-state index is 11.1. The van der Waals surface area contributed by atoms with Crippen LogP contribution in [0.4, 0.5) is 11.4 Å². The van der Waals surface area contributed by atoms with Gasteiger partial charge in [-0.05, 0) is 48.1 Å². The van der Waals surface area contributed by atoms with Crippen LogP contribution in [0.5, 0.6) is 0 Å². The van der Waals surface area contributed by atoms with Gasteiger partial charge in [0, 0.05) is 42.2 Å². The Labute approximate surface area is 137 Å². The number of halogens is 1. The van der Waals surface area contributed by atoms with Crippen molar-refractivity contribution in [3.63, 3.8) is 0 Å². The Morgan fingerprint density at radius 1 is 1.48 bits per heavy atom. The molecule has 0 bridgehead atoms. The van der Waals surface area contributed by atoms with Crippen LogP contribution >= 0.6 is 22.6 Å². The maximum Gasteiger partial charge on any atom is 0.293 e. The van der Waals surface area contributed by atoms with E-state index < -0.39 is 0 Å². The second kappa shape index (κ2) is 6.88. The van der Waals surface area contributed by atoms with Crippen LogP contribution in [0.2, 0.25) is 0 Å². The van der Waals surface area contributed by atoms with E-state index in [-0.39, 0.29) is 10.6 Å². The lowest BCUT2D eigenvalue weighted by atomic mass is 10.2. The third kappa shape index (κ3) is 3.93. The van der Waals surface area contributed by atoms with Gasteiger partial charge < -0.3 is 9.47 Å². The first-order chi connectivity index (χ1) is 9.99. The van der Waals surface area contributed by atoms with Gasteiger partial charge in [-0.15, -0.1) is 0 Å². The summed E-state index contributed by atoms with van der Waals surface area (Å²) in [5, 5.41) is 11.1. The monoisotopic (exact) mass is 400 g/mol. The summed E-state index contributed by atoms with van der Waals surface area (Å²) in [5.41, 5.74) is 0.811. The van der Waals surface area contributed by atoms with Gasteiger partial charge in [-0.3, -0.25) is 10.1 Å². The summed E-state index contributed by atoms with van der Waals surface area (Å²) in [7, 11) is 1.88. The number of hydrogen-bond acceptors (Lipinski definition) is 4. The first kappa shape index (κ1) is 15.7. The largest absolute Gasteiger partial charge is 0.369 e. The standard InChI is InChI=1S/C14H17IN4O2/c1-11-16-6-9-18(11)8-3-7-17(2)13-5-4-12(15)10-14(13)19(20)21/h4-6,9-10H,3,7-8H2,1-2H3. The van der Waals surface area contributed by atoms with E-state index in [0.29, 0.717) is 5.69 Å². The van der Waals surface area contributed by atoms with Crippen molar-refractivity contribution in [1.82, 2.24) is 9.55 Å². The van der Waals surface area contributed by atoms with E-state index >= 15 is 0 Å². The van der Waals surface area contributed by atoms with Crippen LogP contribution in [-0.2, 0) is 6.54 Å². The molecule has 2 rings (SSSR count). The summed E-state index contributed by atoms with van der Waals surface area (Å²) in [5.74, 6) is 0.984. The van der Waals surface area contributed by atoms with Crippen molar-refractivity contribution in [1.29, 1.82) is 0 Å². The molecule has 112 valence electrons. The number of benzene rings is 1. The molecule has 0 fully saturated rings. The number of imidazole rings is 1. The molecule has 21 heavy (non-hydrogen) atoms. The molecular formula is C14H17IN4O2. The molecular weight excluding hydrogens is 383 g/mol. The number of nitro groups is 1. The predicted octanol–water partition coefficient (Wildman–Crippen LogP) is 3.23. The molecule has 2 aromatic rings. The highest BCUT2D eigenvalue weighted by atomic mass is 127. The second-order valence-electron chi connectivity index (χ2n) is 4.83. The van der Waals surface area contributed by atoms with E-state index in [2.05, 4.69) is 32.1 Å². The van der Waals surface area contributed by atoms with Crippen molar-refractivity contribution < 1.29 is 4.92 Å². The zero-order valence-electron chi connectivity index (χ0n) is 12.0. The third-order valence-electron chi connectivity index (χ3n) is 3.36. The number of rotatable bonds is 6. The lowest BCUT2D eigenvalue weighted by molar-refractivity contribution is -0.384. The highest BCUT2D eigenvalue weighted by Crippen LogP contribution is 2.29. The Balaban J connectivity index is 2.02. The molecule has 0 atom stereocenters. The summed E-state index contributed by atoms with van der Waals surface area (Å²) in [6, 6.07) is 5.30. The minimum absolute atomic E-state index is 0.156. The predicted molar refractivity (Wildman–Crippen MR) is 90.7 cm³/mol. The quantitative estimate of drug-likeness (QED) is 0.424. The van der Waals surface area contributed by atoms with Gasteiger partial charge in [0.2, 0.25) is 0 Å². The van der Waals surface area contributed by atoms with Gasteiger partial charge in [0.25, 0.3) is 5.69 Å². The zero-order valence-corrected chi connectivity index (χ0v) is 14.1. The van der Waals surface area contributed by atoms with Crippen LogP contribution in [0.15, 0.2) is 30.6 Å². The number of anilines is 1. The fourth-order valence-corrected chi connectivity index (χ4v) is 2.68. The highest BCUT2D eigenvalue weighted by Gasteiger charge is 2.17. The molecule has 1 aromatic heterocycles. The molecule has 0 saturated carbocycles. The first-order valence-electron chi connectivity index (χ1n) is 6.62. The van der Waals surface area contributed by atoms with Crippen molar-refractivity contribution in [2.75, 3.05) is 18.5 Å². The molecule has 0 saturated heterocycles. The van der Waals surface area contributed by atoms with Crippen LogP contribution in [0.25, 0.3) is 0 Å². The maximum absolute atomic E-state index is 11.1. The SMILES string of the molecule is Cc1nccn1CCCN(C)c1ccc(I)cc1[N+](=O)[O-]. The topological polar surface area (TPSA) is 64.2 Å². The smallest absolute Gasteiger partial charge is 0.293 e. The third-order valence-corrected chi connectivity index (χ3v) is 4.03. The first-order valence-corrected chi connectivity index (χ1v) is 7.69. The van der Waals surface area contributed by atoms with Crippen LogP contribution < -0.4 is 4.90 Å². The molecule has 6 nitrogen and oxygen atoms in total. The van der Waals surface area contributed by atoms with E-state index in [1.807, 2.05) is 37.2 Å². The van der Waals surface area contributed by atoms with Gasteiger partial charge in [-0.25, -0.2) is 4.98 Å². The average Bonchev–Trinajstić information content (AvgIpc) is 2.84. The minimum Gasteiger partial charge on any atom is -0.369 e. The number of nitro benzene ring substituents is 1. The number of aromatic nitrogens is 2. The molecule has 1 heterocycles. The van der Waals surface area contributed by atoms with E-state index in [4.69, 9.17) is 0 Å². The summed E-state index contributed by atoms with van der Waals surface area (Å²) in [6.07, 6.45) is 4.63. The van der Waals surface area contributed by atoms with Gasteiger partial charge >= 0.3 is 0 Å². The normalized spacial score (nSPS) is 10.6. The van der Waals surface area contributed by atoms with Crippen molar-refractivity contribution >= 4 is 34.0 Å². The lowest BCUT2D eigenvalue weighted by Crippen LogP contribution is -2.21. The summed E-state index contributed by atoms with van der Waals surface area (Å²) >= 11 is 2.08. The van der Waals surface area contributed by atoms with Crippen LogP contribution in [0, 0.1) is 20.6 Å². The van der Waals surface area contributed by atoms with Gasteiger partial charge in [0.1, 0.15) is 11.5 Å². The molecule has 0 amide bonds. The highest BCUT2D eigenvalue weighted by molar-refractivity contribution is 14.1. The Bertz CT molecular complexity index is 642. The number of hydrogen-bond donors (Lipinski definition) is 0. The number of nitrogens with zero attached hydrogens (tertiary/aromatic N) is 4. The van der Waals surface area contributed by atoms with Crippen molar-refractivity contribution in [2.45, 2.75) is 19.9 Å². The lowest BCUT2D eigenvalue weighted by Gasteiger charge is -2.19. The fourth-order valence-electron chi connectivity index (χ4n) is 2.20. The summed E-state index contributed by atoms with van der Waals surface area (Å²) in [6.45, 7) is 3.57. The zero-order chi connectivity index (χ0) is 15.4. The van der Waals surface area contributed by atoms with E-state index in [9.17, 15) is 10.1 Å². The minimum atomic E-state index is -0.325. The molecule has 0 aliphatic heterocycles. The van der Waals surface area contributed by atoms with Gasteiger partial charge in [-0.2, -0.15) is 0 Å². The molecule has 0 unspecified atom stereocenters. The summed E-state index contributed by atoms with van der Waals surface area (Å²) in [4.78, 5) is 16.9. The van der Waals surface area contributed by atoms with E-state index in [1.165, 1.54) is 0 Å². The molecule has 0 aliphatic rings. The van der Waals surface area contributed by atoms with Gasteiger partial charge in [0.15, 0.2) is 0 Å². The molecule has 1 aromatic carbocycles. The van der Waals surface area contributed by atoms with Crippen LogP contribution in [0.3, 0.4) is 0 Å². The van der Waals surface area contributed by atoms with E-state index in [1.54, 1.807) is 12.3 Å². The van der Waals surface area contributed by atoms with Crippen molar-refractivity contribution in [3.05, 3.63) is 50.1 Å². The van der Waals surface area contributed by atoms with Crippen molar-refractivity contribution in [2.24, 2.45) is 0 Å². The second-order valence-corrected chi connectivity index (χ2v) is 6.08. The average molecular weight is 400 g/mol. The Morgan fingerprint density at radius 3 is 2.86 bits per heavy atom. The van der Waals surface area contributed by atoms with Crippen LogP contribution in [0.1, 0.15) is 12.2 Å². The molecule has 0 N–H and O–H groups in total. The van der Waals surface area contributed by atoms with Gasteiger partial charge in [0.05, 0.1) is 4.92 Å². The number of aryl methyl sites for hydroxylation is 2. The van der Waals surface area contributed by atoms with Crippen molar-refractivity contribution in [3.8, 4) is 0 Å². The Kier molecular flexibility index (Phi) is 5.16. The summed E-state index contributed by atoms with van der Waals surface area (Å²) < 4.78 is 2.95. The Hall–Kier alpha value is -1.64. The molecule has 7 heteroatoms. The molecule has 0 aliphatic carbocycles. The Morgan fingerprint density at radius 2 is 2.24 bits per heavy atom. The fraction of sp³-hybridized carbons (Fsp3) is 0.357. The van der Waals surface area contributed by atoms with E-state index in [0.717, 1.165) is 28.9 Å². The molecule has 0 spiro atoms. The van der Waals surface area contributed by atoms with Gasteiger partial charge in [-0.1, -0.05) is 0 Å².